The third-order valence-corrected chi connectivity index (χ3v) is 3.04. The summed E-state index contributed by atoms with van der Waals surface area (Å²) < 4.78 is 0. The van der Waals surface area contributed by atoms with Gasteiger partial charge in [-0.3, -0.25) is 4.79 Å². The highest BCUT2D eigenvalue weighted by Crippen LogP contribution is 2.06. The smallest absolute Gasteiger partial charge is 0.253 e. The maximum atomic E-state index is 12.1. The van der Waals surface area contributed by atoms with Gasteiger partial charge in [0.15, 0.2) is 0 Å². The van der Waals surface area contributed by atoms with Crippen LogP contribution in [-0.4, -0.2) is 24.0 Å². The number of rotatable bonds is 5. The summed E-state index contributed by atoms with van der Waals surface area (Å²) in [7, 11) is 1.80. The Morgan fingerprint density at radius 2 is 1.95 bits per heavy atom. The Hall–Kier alpha value is -2.36. The molecule has 1 heterocycles. The van der Waals surface area contributed by atoms with Crippen molar-refractivity contribution in [2.45, 2.75) is 19.4 Å². The van der Waals surface area contributed by atoms with Crippen LogP contribution >= 0.6 is 0 Å². The van der Waals surface area contributed by atoms with Crippen LogP contribution in [0.3, 0.4) is 0 Å². The second-order valence-electron chi connectivity index (χ2n) is 4.75. The number of carbonyl (C=O) groups is 1. The number of anilines is 1. The molecule has 1 amide bonds. The molecule has 4 nitrogen and oxygen atoms in total. The average Bonchev–Trinajstić information content (AvgIpc) is 2.48. The van der Waals surface area contributed by atoms with Crippen molar-refractivity contribution in [1.29, 1.82) is 0 Å². The summed E-state index contributed by atoms with van der Waals surface area (Å²) in [6.45, 7) is 2.00. The number of aromatic nitrogens is 1. The van der Waals surface area contributed by atoms with E-state index in [9.17, 15) is 4.79 Å². The fourth-order valence-corrected chi connectivity index (χ4v) is 2.00. The van der Waals surface area contributed by atoms with Crippen LogP contribution in [-0.2, 0) is 6.42 Å². The molecule has 20 heavy (non-hydrogen) atoms. The average molecular weight is 269 g/mol. The predicted molar refractivity (Wildman–Crippen MR) is 80.9 cm³/mol. The van der Waals surface area contributed by atoms with E-state index in [1.807, 2.05) is 25.1 Å². The summed E-state index contributed by atoms with van der Waals surface area (Å²) in [5.41, 5.74) is 1.79. The van der Waals surface area contributed by atoms with Crippen molar-refractivity contribution in [1.82, 2.24) is 10.3 Å². The summed E-state index contributed by atoms with van der Waals surface area (Å²) >= 11 is 0. The van der Waals surface area contributed by atoms with Crippen LogP contribution in [0.25, 0.3) is 0 Å². The summed E-state index contributed by atoms with van der Waals surface area (Å²) in [5.74, 6) is 0.655. The molecule has 4 heteroatoms. The zero-order valence-corrected chi connectivity index (χ0v) is 11.8. The number of pyridine rings is 1. The molecule has 2 N–H and O–H groups in total. The first-order valence-corrected chi connectivity index (χ1v) is 6.67. The molecule has 2 rings (SSSR count). The first-order chi connectivity index (χ1) is 9.69. The molecule has 0 aliphatic heterocycles. The lowest BCUT2D eigenvalue weighted by Gasteiger charge is -2.14. The van der Waals surface area contributed by atoms with Crippen molar-refractivity contribution in [2.75, 3.05) is 12.4 Å². The minimum Gasteiger partial charge on any atom is -0.373 e. The molecule has 1 unspecified atom stereocenters. The Bertz CT molecular complexity index is 552. The minimum atomic E-state index is -0.0939. The zero-order chi connectivity index (χ0) is 14.4. The maximum Gasteiger partial charge on any atom is 0.253 e. The van der Waals surface area contributed by atoms with E-state index in [4.69, 9.17) is 0 Å². The molecule has 104 valence electrons. The van der Waals surface area contributed by atoms with Gasteiger partial charge in [0.25, 0.3) is 5.91 Å². The molecule has 0 aliphatic rings. The topological polar surface area (TPSA) is 54.0 Å². The van der Waals surface area contributed by atoms with E-state index in [1.54, 1.807) is 25.4 Å². The third-order valence-electron chi connectivity index (χ3n) is 3.04. The highest BCUT2D eigenvalue weighted by molar-refractivity contribution is 5.94. The van der Waals surface area contributed by atoms with Gasteiger partial charge in [-0.2, -0.15) is 0 Å². The standard InChI is InChI=1S/C16H19N3O/c1-12(10-13-6-4-3-5-7-13)19-16(20)14-8-9-15(17-2)18-11-14/h3-9,11-12H,10H2,1-2H3,(H,17,18)(H,19,20). The molecule has 0 saturated carbocycles. The van der Waals surface area contributed by atoms with E-state index in [0.717, 1.165) is 12.2 Å². The number of hydrogen-bond donors (Lipinski definition) is 2. The van der Waals surface area contributed by atoms with Crippen molar-refractivity contribution in [3.63, 3.8) is 0 Å². The molecule has 1 aromatic carbocycles. The van der Waals surface area contributed by atoms with Gasteiger partial charge in [-0.15, -0.1) is 0 Å². The monoisotopic (exact) mass is 269 g/mol. The highest BCUT2D eigenvalue weighted by atomic mass is 16.1. The van der Waals surface area contributed by atoms with Crippen LogP contribution in [0.4, 0.5) is 5.82 Å². The Morgan fingerprint density at radius 1 is 1.20 bits per heavy atom. The molecule has 0 radical (unpaired) electrons. The summed E-state index contributed by atoms with van der Waals surface area (Å²) in [6, 6.07) is 13.8. The summed E-state index contributed by atoms with van der Waals surface area (Å²) in [5, 5.41) is 5.91. The first-order valence-electron chi connectivity index (χ1n) is 6.67. The molecule has 0 saturated heterocycles. The Labute approximate surface area is 119 Å². The molecule has 1 atom stereocenters. The normalized spacial score (nSPS) is 11.7. The Kier molecular flexibility index (Phi) is 4.71. The number of carbonyl (C=O) groups excluding carboxylic acids is 1. The highest BCUT2D eigenvalue weighted by Gasteiger charge is 2.10. The van der Waals surface area contributed by atoms with Gasteiger partial charge in [0.2, 0.25) is 0 Å². The van der Waals surface area contributed by atoms with E-state index in [-0.39, 0.29) is 11.9 Å². The van der Waals surface area contributed by atoms with Gasteiger partial charge in [0.05, 0.1) is 5.56 Å². The van der Waals surface area contributed by atoms with E-state index in [2.05, 4.69) is 27.8 Å². The SMILES string of the molecule is CNc1ccc(C(=O)NC(C)Cc2ccccc2)cn1. The van der Waals surface area contributed by atoms with E-state index in [1.165, 1.54) is 5.56 Å². The molecule has 0 bridgehead atoms. The van der Waals surface area contributed by atoms with Crippen molar-refractivity contribution >= 4 is 11.7 Å². The lowest BCUT2D eigenvalue weighted by Crippen LogP contribution is -2.34. The predicted octanol–water partition coefficient (Wildman–Crippen LogP) is 2.48. The summed E-state index contributed by atoms with van der Waals surface area (Å²) in [6.07, 6.45) is 2.39. The van der Waals surface area contributed by atoms with Gasteiger partial charge >= 0.3 is 0 Å². The van der Waals surface area contributed by atoms with Crippen LogP contribution in [0.5, 0.6) is 0 Å². The molecule has 2 aromatic rings. The van der Waals surface area contributed by atoms with Gasteiger partial charge in [0, 0.05) is 19.3 Å². The van der Waals surface area contributed by atoms with Crippen molar-refractivity contribution in [2.24, 2.45) is 0 Å². The van der Waals surface area contributed by atoms with Gasteiger partial charge in [-0.25, -0.2) is 4.98 Å². The van der Waals surface area contributed by atoms with Gasteiger partial charge < -0.3 is 10.6 Å². The molecule has 0 fully saturated rings. The number of nitrogens with zero attached hydrogens (tertiary/aromatic N) is 1. The quantitative estimate of drug-likeness (QED) is 0.876. The zero-order valence-electron chi connectivity index (χ0n) is 11.8. The van der Waals surface area contributed by atoms with E-state index in [0.29, 0.717) is 5.56 Å². The molecular weight excluding hydrogens is 250 g/mol. The third kappa shape index (κ3) is 3.82. The van der Waals surface area contributed by atoms with Crippen LogP contribution in [0.15, 0.2) is 48.7 Å². The largest absolute Gasteiger partial charge is 0.373 e. The number of nitrogens with one attached hydrogen (secondary N) is 2. The van der Waals surface area contributed by atoms with Crippen LogP contribution in [0, 0.1) is 0 Å². The number of amides is 1. The lowest BCUT2D eigenvalue weighted by atomic mass is 10.1. The van der Waals surface area contributed by atoms with Gasteiger partial charge in [-0.1, -0.05) is 30.3 Å². The van der Waals surface area contributed by atoms with E-state index < -0.39 is 0 Å². The van der Waals surface area contributed by atoms with Crippen LogP contribution < -0.4 is 10.6 Å². The van der Waals surface area contributed by atoms with Gasteiger partial charge in [0.1, 0.15) is 5.82 Å². The molecule has 1 aromatic heterocycles. The Morgan fingerprint density at radius 3 is 2.55 bits per heavy atom. The van der Waals surface area contributed by atoms with Crippen molar-refractivity contribution in [3.05, 3.63) is 59.8 Å². The second-order valence-corrected chi connectivity index (χ2v) is 4.75. The fraction of sp³-hybridized carbons (Fsp3) is 0.250. The second kappa shape index (κ2) is 6.70. The fourth-order valence-electron chi connectivity index (χ4n) is 2.00. The van der Waals surface area contributed by atoms with Crippen molar-refractivity contribution in [3.8, 4) is 0 Å². The van der Waals surface area contributed by atoms with Crippen LogP contribution in [0.1, 0.15) is 22.8 Å². The Balaban J connectivity index is 1.93. The summed E-state index contributed by atoms with van der Waals surface area (Å²) in [4.78, 5) is 16.2. The first kappa shape index (κ1) is 14.1. The molecule has 0 spiro atoms. The minimum absolute atomic E-state index is 0.0777. The number of benzene rings is 1. The van der Waals surface area contributed by atoms with Crippen LogP contribution in [0.2, 0.25) is 0 Å². The lowest BCUT2D eigenvalue weighted by molar-refractivity contribution is 0.0940. The van der Waals surface area contributed by atoms with Crippen molar-refractivity contribution < 1.29 is 4.79 Å². The maximum absolute atomic E-state index is 12.1. The number of hydrogen-bond acceptors (Lipinski definition) is 3. The van der Waals surface area contributed by atoms with E-state index >= 15 is 0 Å². The van der Waals surface area contributed by atoms with Gasteiger partial charge in [-0.05, 0) is 31.0 Å². The molecule has 0 aliphatic carbocycles. The molecular formula is C16H19N3O.